The fraction of sp³-hybridized carbons (Fsp3) is 0.286. The molecule has 0 fully saturated rings. The molecule has 0 N–H and O–H groups in total. The van der Waals surface area contributed by atoms with Gasteiger partial charge in [-0.2, -0.15) is 22.0 Å². The lowest BCUT2D eigenvalue weighted by Gasteiger charge is -2.15. The molecule has 1 aromatic rings. The summed E-state index contributed by atoms with van der Waals surface area (Å²) in [6.45, 7) is 0. The maximum Gasteiger partial charge on any atom is 0.461 e. The van der Waals surface area contributed by atoms with Crippen molar-refractivity contribution in [2.75, 3.05) is 0 Å². The summed E-state index contributed by atoms with van der Waals surface area (Å²) in [5.41, 5.74) is 0. The van der Waals surface area contributed by atoms with E-state index in [9.17, 15) is 22.0 Å². The maximum atomic E-state index is 12.2. The lowest BCUT2D eigenvalue weighted by molar-refractivity contribution is -0.253. The molecule has 1 heterocycles. The molecule has 1 rings (SSSR count). The zero-order valence-corrected chi connectivity index (χ0v) is 6.55. The van der Waals surface area contributed by atoms with Gasteiger partial charge in [-0.25, -0.2) is 4.98 Å². The average Bonchev–Trinajstić information content (AvgIpc) is 2.08. The first-order valence-electron chi connectivity index (χ1n) is 3.38. The Bertz CT molecular complexity index is 299. The van der Waals surface area contributed by atoms with Crippen LogP contribution in [-0.4, -0.2) is 17.5 Å². The van der Waals surface area contributed by atoms with E-state index in [0.29, 0.717) is 6.20 Å². The number of aromatic nitrogens is 1. The molecule has 2 nitrogen and oxygen atoms in total. The maximum absolute atomic E-state index is 12.2. The highest BCUT2D eigenvalue weighted by molar-refractivity contribution is 5.16. The summed E-state index contributed by atoms with van der Waals surface area (Å²) in [7, 11) is 0. The van der Waals surface area contributed by atoms with Gasteiger partial charge >= 0.3 is 12.5 Å². The first kappa shape index (κ1) is 10.7. The molecule has 0 atom stereocenters. The Morgan fingerprint density at radius 1 is 1.29 bits per heavy atom. The van der Waals surface area contributed by atoms with E-state index in [-0.39, 0.29) is 0 Å². The van der Waals surface area contributed by atoms with Crippen LogP contribution < -0.4 is 4.74 Å². The third kappa shape index (κ3) is 2.54. The Balaban J connectivity index is 2.74. The highest BCUT2D eigenvalue weighted by Gasteiger charge is 2.44. The molecule has 0 radical (unpaired) electrons. The summed E-state index contributed by atoms with van der Waals surface area (Å²) in [6.07, 6.45) is -7.96. The Morgan fingerprint density at radius 3 is 2.36 bits per heavy atom. The number of ether oxygens (including phenoxy) is 1. The first-order valence-corrected chi connectivity index (χ1v) is 3.38. The van der Waals surface area contributed by atoms with Crippen LogP contribution in [0.1, 0.15) is 0 Å². The van der Waals surface area contributed by atoms with Crippen LogP contribution in [0.5, 0.6) is 5.75 Å². The van der Waals surface area contributed by atoms with Crippen molar-refractivity contribution in [1.82, 2.24) is 4.98 Å². The summed E-state index contributed by atoms with van der Waals surface area (Å²) in [6, 6.07) is 1.50. The third-order valence-electron chi connectivity index (χ3n) is 1.21. The molecule has 0 aliphatic heterocycles. The Hall–Kier alpha value is -1.40. The molecule has 7 heteroatoms. The third-order valence-corrected chi connectivity index (χ3v) is 1.21. The van der Waals surface area contributed by atoms with Crippen molar-refractivity contribution in [3.8, 4) is 5.75 Å². The van der Waals surface area contributed by atoms with Crippen molar-refractivity contribution in [2.45, 2.75) is 12.5 Å². The number of rotatable bonds is 3. The monoisotopic (exact) mass is 213 g/mol. The zero-order valence-electron chi connectivity index (χ0n) is 6.55. The second-order valence-electron chi connectivity index (χ2n) is 2.28. The van der Waals surface area contributed by atoms with Crippen molar-refractivity contribution in [3.05, 3.63) is 24.3 Å². The zero-order chi connectivity index (χ0) is 10.8. The Morgan fingerprint density at radius 2 is 1.93 bits per heavy atom. The van der Waals surface area contributed by atoms with Gasteiger partial charge in [0.25, 0.3) is 0 Å². The molecule has 0 aliphatic carbocycles. The first-order chi connectivity index (χ1) is 6.42. The van der Waals surface area contributed by atoms with E-state index in [4.69, 9.17) is 0 Å². The number of pyridine rings is 1. The quantitative estimate of drug-likeness (QED) is 0.568. The average molecular weight is 213 g/mol. The number of alkyl halides is 4. The molecule has 14 heavy (non-hydrogen) atoms. The van der Waals surface area contributed by atoms with Gasteiger partial charge in [-0.3, -0.25) is 0 Å². The van der Waals surface area contributed by atoms with E-state index in [1.165, 1.54) is 0 Å². The van der Waals surface area contributed by atoms with Gasteiger partial charge in [0.05, 0.1) is 6.20 Å². The molecule has 0 aliphatic rings. The molecule has 0 saturated heterocycles. The normalized spacial score (nSPS) is 11.9. The van der Waals surface area contributed by atoms with Crippen molar-refractivity contribution >= 4 is 0 Å². The highest BCUT2D eigenvalue weighted by atomic mass is 19.3. The van der Waals surface area contributed by atoms with Crippen LogP contribution in [0.3, 0.4) is 0 Å². The van der Waals surface area contributed by atoms with Gasteiger partial charge in [-0.15, -0.1) is 0 Å². The minimum Gasteiger partial charge on any atom is -0.427 e. The topological polar surface area (TPSA) is 22.1 Å². The summed E-state index contributed by atoms with van der Waals surface area (Å²) in [4.78, 5) is 2.95. The predicted molar refractivity (Wildman–Crippen MR) is 35.8 cm³/mol. The summed E-state index contributed by atoms with van der Waals surface area (Å²) < 4.78 is 63.5. The second-order valence-corrected chi connectivity index (χ2v) is 2.28. The van der Waals surface area contributed by atoms with Crippen LogP contribution >= 0.6 is 0 Å². The van der Waals surface area contributed by atoms with Crippen LogP contribution in [0.15, 0.2) is 18.3 Å². The molecule has 0 aromatic carbocycles. The number of nitrogens with zero attached hydrogens (tertiary/aromatic N) is 1. The molecule has 0 bridgehead atoms. The van der Waals surface area contributed by atoms with E-state index in [2.05, 4.69) is 9.72 Å². The van der Waals surface area contributed by atoms with Gasteiger partial charge < -0.3 is 4.74 Å². The molecular weight excluding hydrogens is 209 g/mol. The Kier molecular flexibility index (Phi) is 2.87. The lowest BCUT2D eigenvalue weighted by atomic mass is 10.4. The predicted octanol–water partition coefficient (Wildman–Crippen LogP) is 2.46. The second kappa shape index (κ2) is 3.77. The van der Waals surface area contributed by atoms with E-state index >= 15 is 0 Å². The molecule has 0 amide bonds. The van der Waals surface area contributed by atoms with Crippen LogP contribution in [0, 0.1) is 5.95 Å². The van der Waals surface area contributed by atoms with Crippen molar-refractivity contribution in [1.29, 1.82) is 0 Å². The number of hydrogen-bond donors (Lipinski definition) is 0. The van der Waals surface area contributed by atoms with Gasteiger partial charge in [0.15, 0.2) is 0 Å². The van der Waals surface area contributed by atoms with Crippen molar-refractivity contribution in [2.24, 2.45) is 0 Å². The van der Waals surface area contributed by atoms with Gasteiger partial charge in [0.2, 0.25) is 5.95 Å². The largest absolute Gasteiger partial charge is 0.461 e. The number of hydrogen-bond acceptors (Lipinski definition) is 2. The van der Waals surface area contributed by atoms with Crippen molar-refractivity contribution < 1.29 is 26.7 Å². The fourth-order valence-corrected chi connectivity index (χ4v) is 0.624. The molecular formula is C7H4F5NO. The molecule has 0 spiro atoms. The van der Waals surface area contributed by atoms with Crippen molar-refractivity contribution in [3.63, 3.8) is 0 Å². The van der Waals surface area contributed by atoms with Crippen LogP contribution in [-0.2, 0) is 0 Å². The fourth-order valence-electron chi connectivity index (χ4n) is 0.624. The smallest absolute Gasteiger partial charge is 0.427 e. The van der Waals surface area contributed by atoms with E-state index in [0.717, 1.165) is 12.1 Å². The Labute approximate surface area is 75.3 Å². The van der Waals surface area contributed by atoms with Crippen LogP contribution in [0.4, 0.5) is 22.0 Å². The van der Waals surface area contributed by atoms with Crippen LogP contribution in [0.25, 0.3) is 0 Å². The molecule has 1 aromatic heterocycles. The molecule has 78 valence electrons. The lowest BCUT2D eigenvalue weighted by Crippen LogP contribution is -2.33. The van der Waals surface area contributed by atoms with E-state index < -0.39 is 24.2 Å². The minimum absolute atomic E-state index is 0.589. The van der Waals surface area contributed by atoms with Gasteiger partial charge in [0, 0.05) is 0 Å². The highest BCUT2D eigenvalue weighted by Crippen LogP contribution is 2.26. The van der Waals surface area contributed by atoms with Crippen LogP contribution in [0.2, 0.25) is 0 Å². The van der Waals surface area contributed by atoms with Gasteiger partial charge in [0.1, 0.15) is 5.75 Å². The van der Waals surface area contributed by atoms with Gasteiger partial charge in [-0.05, 0) is 12.1 Å². The standard InChI is InChI=1S/C7H4F5NO/c8-5-2-1-4(3-13-5)14-7(11,12)6(9)10/h1-3,6H. The summed E-state index contributed by atoms with van der Waals surface area (Å²) in [5.74, 6) is -1.55. The number of halogens is 5. The summed E-state index contributed by atoms with van der Waals surface area (Å²) in [5, 5.41) is 0. The summed E-state index contributed by atoms with van der Waals surface area (Å²) >= 11 is 0. The molecule has 0 unspecified atom stereocenters. The van der Waals surface area contributed by atoms with Gasteiger partial charge in [-0.1, -0.05) is 0 Å². The SMILES string of the molecule is Fc1ccc(OC(F)(F)C(F)F)cn1. The van der Waals surface area contributed by atoms with E-state index in [1.807, 2.05) is 0 Å². The molecule has 0 saturated carbocycles. The van der Waals surface area contributed by atoms with E-state index in [1.54, 1.807) is 0 Å². The minimum atomic E-state index is -4.60.